The molecule has 1 aromatic rings. The van der Waals surface area contributed by atoms with Crippen molar-refractivity contribution in [3.63, 3.8) is 0 Å². The Morgan fingerprint density at radius 3 is 2.48 bits per heavy atom. The van der Waals surface area contributed by atoms with E-state index in [1.807, 2.05) is 6.07 Å². The summed E-state index contributed by atoms with van der Waals surface area (Å²) in [5, 5.41) is 14.0. The highest BCUT2D eigenvalue weighted by Gasteiger charge is 2.23. The van der Waals surface area contributed by atoms with Gasteiger partial charge in [-0.05, 0) is 61.6 Å². The van der Waals surface area contributed by atoms with Gasteiger partial charge < -0.3 is 25.1 Å². The van der Waals surface area contributed by atoms with Gasteiger partial charge in [-0.2, -0.15) is 0 Å². The van der Waals surface area contributed by atoms with Crippen LogP contribution in [0.4, 0.5) is 0 Å². The lowest BCUT2D eigenvalue weighted by Gasteiger charge is -2.27. The Morgan fingerprint density at radius 2 is 1.84 bits per heavy atom. The standard InChI is InChI=1S/C25H44N2O4/c1-18(2)20(11-12-22(28)25(26)27-21-8-5-6-9-21)16-19-10-13-23(30-4)24(17-19)31-15-7-14-29-3/h10,13,17-18,20-22,25,27-28H,5-9,11-12,14-16,26H2,1-4H3/t20-,22-,25-/m0/s1. The summed E-state index contributed by atoms with van der Waals surface area (Å²) < 4.78 is 16.5. The van der Waals surface area contributed by atoms with Crippen molar-refractivity contribution in [3.05, 3.63) is 23.8 Å². The fraction of sp³-hybridized carbons (Fsp3) is 0.760. The molecule has 4 N–H and O–H groups in total. The van der Waals surface area contributed by atoms with Gasteiger partial charge in [0.15, 0.2) is 11.5 Å². The van der Waals surface area contributed by atoms with Crippen LogP contribution in [0.3, 0.4) is 0 Å². The van der Waals surface area contributed by atoms with Crippen LogP contribution in [0.15, 0.2) is 18.2 Å². The molecule has 6 heteroatoms. The summed E-state index contributed by atoms with van der Waals surface area (Å²) in [7, 11) is 3.36. The highest BCUT2D eigenvalue weighted by Crippen LogP contribution is 2.31. The molecule has 1 aliphatic rings. The summed E-state index contributed by atoms with van der Waals surface area (Å²) in [6, 6.07) is 6.65. The molecule has 0 bridgehead atoms. The molecule has 0 radical (unpaired) electrons. The van der Waals surface area contributed by atoms with Crippen molar-refractivity contribution in [2.45, 2.75) is 83.5 Å². The maximum atomic E-state index is 10.6. The molecule has 3 atom stereocenters. The third-order valence-electron chi connectivity index (χ3n) is 6.45. The molecule has 0 aliphatic heterocycles. The van der Waals surface area contributed by atoms with Gasteiger partial charge >= 0.3 is 0 Å². The number of hydrogen-bond donors (Lipinski definition) is 3. The van der Waals surface area contributed by atoms with Crippen LogP contribution < -0.4 is 20.5 Å². The van der Waals surface area contributed by atoms with Gasteiger partial charge in [0, 0.05) is 26.2 Å². The Morgan fingerprint density at radius 1 is 1.10 bits per heavy atom. The highest BCUT2D eigenvalue weighted by molar-refractivity contribution is 5.43. The van der Waals surface area contributed by atoms with Crippen LogP contribution in [0.5, 0.6) is 11.5 Å². The number of aliphatic hydroxyl groups excluding tert-OH is 1. The van der Waals surface area contributed by atoms with E-state index in [-0.39, 0.29) is 6.17 Å². The van der Waals surface area contributed by atoms with E-state index in [1.165, 1.54) is 31.2 Å². The monoisotopic (exact) mass is 436 g/mol. The number of hydrogen-bond acceptors (Lipinski definition) is 6. The first-order valence-electron chi connectivity index (χ1n) is 11.9. The normalized spacial score (nSPS) is 17.6. The summed E-state index contributed by atoms with van der Waals surface area (Å²) in [4.78, 5) is 0. The third-order valence-corrected chi connectivity index (χ3v) is 6.45. The molecule has 6 nitrogen and oxygen atoms in total. The average Bonchev–Trinajstić information content (AvgIpc) is 3.26. The van der Waals surface area contributed by atoms with Gasteiger partial charge in [-0.25, -0.2) is 0 Å². The molecule has 178 valence electrons. The van der Waals surface area contributed by atoms with Crippen molar-refractivity contribution >= 4 is 0 Å². The number of methoxy groups -OCH3 is 2. The number of benzene rings is 1. The first-order chi connectivity index (χ1) is 14.9. The van der Waals surface area contributed by atoms with Crippen molar-refractivity contribution in [2.24, 2.45) is 17.6 Å². The van der Waals surface area contributed by atoms with Crippen LogP contribution in [0.2, 0.25) is 0 Å². The predicted octanol–water partition coefficient (Wildman–Crippen LogP) is 3.88. The summed E-state index contributed by atoms with van der Waals surface area (Å²) in [5.74, 6) is 2.51. The quantitative estimate of drug-likeness (QED) is 0.286. The molecule has 1 fully saturated rings. The summed E-state index contributed by atoms with van der Waals surface area (Å²) in [6.07, 6.45) is 7.42. The van der Waals surface area contributed by atoms with Crippen LogP contribution >= 0.6 is 0 Å². The molecule has 31 heavy (non-hydrogen) atoms. The second kappa shape index (κ2) is 13.9. The first-order valence-corrected chi connectivity index (χ1v) is 11.9. The van der Waals surface area contributed by atoms with Crippen molar-refractivity contribution in [1.82, 2.24) is 5.32 Å². The lowest BCUT2D eigenvalue weighted by molar-refractivity contribution is 0.103. The molecule has 0 amide bonds. The third kappa shape index (κ3) is 8.97. The van der Waals surface area contributed by atoms with Crippen molar-refractivity contribution in [3.8, 4) is 11.5 Å². The summed E-state index contributed by atoms with van der Waals surface area (Å²) in [5.41, 5.74) is 7.46. The van der Waals surface area contributed by atoms with Gasteiger partial charge in [-0.15, -0.1) is 0 Å². The van der Waals surface area contributed by atoms with E-state index in [1.54, 1.807) is 14.2 Å². The lowest BCUT2D eigenvalue weighted by atomic mass is 9.84. The molecule has 1 aromatic carbocycles. The molecule has 1 aliphatic carbocycles. The largest absolute Gasteiger partial charge is 0.493 e. The second-order valence-electron chi connectivity index (χ2n) is 9.21. The molecule has 0 aromatic heterocycles. The van der Waals surface area contributed by atoms with E-state index in [0.29, 0.717) is 37.5 Å². The van der Waals surface area contributed by atoms with Gasteiger partial charge in [0.25, 0.3) is 0 Å². The minimum atomic E-state index is -0.516. The second-order valence-corrected chi connectivity index (χ2v) is 9.21. The zero-order chi connectivity index (χ0) is 22.6. The van der Waals surface area contributed by atoms with E-state index in [0.717, 1.165) is 30.8 Å². The highest BCUT2D eigenvalue weighted by atomic mass is 16.5. The van der Waals surface area contributed by atoms with Crippen molar-refractivity contribution < 1.29 is 19.3 Å². The summed E-state index contributed by atoms with van der Waals surface area (Å²) in [6.45, 7) is 5.77. The van der Waals surface area contributed by atoms with Crippen molar-refractivity contribution in [1.29, 1.82) is 0 Å². The number of rotatable bonds is 15. The summed E-state index contributed by atoms with van der Waals surface area (Å²) >= 11 is 0. The molecular weight excluding hydrogens is 392 g/mol. The van der Waals surface area contributed by atoms with Crippen molar-refractivity contribution in [2.75, 3.05) is 27.4 Å². The smallest absolute Gasteiger partial charge is 0.161 e. The van der Waals surface area contributed by atoms with Gasteiger partial charge in [-0.1, -0.05) is 32.8 Å². The molecule has 0 spiro atoms. The molecule has 2 rings (SSSR count). The van der Waals surface area contributed by atoms with Gasteiger partial charge in [-0.3, -0.25) is 5.32 Å². The Bertz CT molecular complexity index is 620. The van der Waals surface area contributed by atoms with E-state index in [2.05, 4.69) is 31.3 Å². The molecule has 0 unspecified atom stereocenters. The SMILES string of the molecule is COCCCOc1cc(C[C@H](CC[C@H](O)[C@@H](N)NC2CCCC2)C(C)C)ccc1OC. The van der Waals surface area contributed by atoms with E-state index in [9.17, 15) is 5.11 Å². The molecule has 1 saturated carbocycles. The fourth-order valence-electron chi connectivity index (χ4n) is 4.36. The fourth-order valence-corrected chi connectivity index (χ4v) is 4.36. The van der Waals surface area contributed by atoms with E-state index < -0.39 is 6.10 Å². The Kier molecular flexibility index (Phi) is 11.7. The molecular formula is C25H44N2O4. The zero-order valence-electron chi connectivity index (χ0n) is 19.9. The minimum Gasteiger partial charge on any atom is -0.493 e. The molecule has 0 saturated heterocycles. The maximum absolute atomic E-state index is 10.6. The minimum absolute atomic E-state index is 0.344. The number of aliphatic hydroxyl groups is 1. The Hall–Kier alpha value is -1.34. The van der Waals surface area contributed by atoms with Crippen LogP contribution in [0.25, 0.3) is 0 Å². The van der Waals surface area contributed by atoms with Crippen LogP contribution in [-0.4, -0.2) is 50.9 Å². The van der Waals surface area contributed by atoms with E-state index >= 15 is 0 Å². The predicted molar refractivity (Wildman–Crippen MR) is 126 cm³/mol. The number of ether oxygens (including phenoxy) is 3. The number of nitrogens with two attached hydrogens (primary N) is 1. The topological polar surface area (TPSA) is 86.0 Å². The number of nitrogens with one attached hydrogen (secondary N) is 1. The maximum Gasteiger partial charge on any atom is 0.161 e. The van der Waals surface area contributed by atoms with Gasteiger partial charge in [0.05, 0.1) is 26.0 Å². The lowest BCUT2D eigenvalue weighted by Crippen LogP contribution is -2.50. The van der Waals surface area contributed by atoms with Crippen LogP contribution in [-0.2, 0) is 11.2 Å². The molecule has 0 heterocycles. The van der Waals surface area contributed by atoms with Gasteiger partial charge in [0.1, 0.15) is 0 Å². The Balaban J connectivity index is 1.90. The van der Waals surface area contributed by atoms with Crippen LogP contribution in [0.1, 0.15) is 64.4 Å². The van der Waals surface area contributed by atoms with Gasteiger partial charge in [0.2, 0.25) is 0 Å². The van der Waals surface area contributed by atoms with Crippen LogP contribution in [0, 0.1) is 11.8 Å². The first kappa shape index (κ1) is 25.9. The van der Waals surface area contributed by atoms with E-state index in [4.69, 9.17) is 19.9 Å². The Labute approximate surface area is 188 Å². The average molecular weight is 437 g/mol. The zero-order valence-corrected chi connectivity index (χ0v) is 19.9.